The first-order valence-corrected chi connectivity index (χ1v) is 10.3. The van der Waals surface area contributed by atoms with E-state index in [1.165, 1.54) is 30.1 Å². The lowest BCUT2D eigenvalue weighted by atomic mass is 9.60. The molecule has 3 aromatic rings. The number of carbonyl (C=O) groups excluding carboxylic acids is 1. The molecule has 2 N–H and O–H groups in total. The third-order valence-electron chi connectivity index (χ3n) is 6.38. The summed E-state index contributed by atoms with van der Waals surface area (Å²) in [5.74, 6) is 0.510. The Kier molecular flexibility index (Phi) is 4.72. The van der Waals surface area contributed by atoms with Crippen LogP contribution in [0.3, 0.4) is 0 Å². The van der Waals surface area contributed by atoms with Crippen molar-refractivity contribution in [1.82, 2.24) is 20.4 Å². The predicted octanol–water partition coefficient (Wildman–Crippen LogP) is 2.87. The molecule has 2 fully saturated rings. The van der Waals surface area contributed by atoms with E-state index >= 15 is 0 Å². The highest BCUT2D eigenvalue weighted by molar-refractivity contribution is 5.91. The molecule has 0 atom stereocenters. The molecule has 10 heteroatoms. The van der Waals surface area contributed by atoms with Crippen molar-refractivity contribution in [3.63, 3.8) is 0 Å². The number of halogens is 1. The highest BCUT2D eigenvalue weighted by atomic mass is 19.1. The maximum Gasteiger partial charge on any atom is 0.407 e. The zero-order valence-corrected chi connectivity index (χ0v) is 17.4. The quantitative estimate of drug-likeness (QED) is 0.629. The molecular weight excluding hydrogens is 417 g/mol. The number of hydrogen-bond acceptors (Lipinski definition) is 6. The molecule has 2 aliphatic rings. The summed E-state index contributed by atoms with van der Waals surface area (Å²) >= 11 is 0. The summed E-state index contributed by atoms with van der Waals surface area (Å²) < 4.78 is 18.5. The monoisotopic (exact) mass is 439 g/mol. The molecule has 5 rings (SSSR count). The molecule has 9 nitrogen and oxygen atoms in total. The Labute approximate surface area is 182 Å². The van der Waals surface area contributed by atoms with Crippen LogP contribution in [0.4, 0.5) is 15.0 Å². The number of carbonyl (C=O) groups is 2. The van der Waals surface area contributed by atoms with Crippen LogP contribution >= 0.6 is 0 Å². The Morgan fingerprint density at radius 2 is 2.06 bits per heavy atom. The van der Waals surface area contributed by atoms with Crippen LogP contribution in [-0.4, -0.2) is 58.3 Å². The minimum Gasteiger partial charge on any atom is -0.465 e. The Morgan fingerprint density at radius 1 is 1.28 bits per heavy atom. The summed E-state index contributed by atoms with van der Waals surface area (Å²) in [5, 5.41) is 16.6. The first-order chi connectivity index (χ1) is 15.4. The normalized spacial score (nSPS) is 17.1. The van der Waals surface area contributed by atoms with Crippen LogP contribution in [0.1, 0.15) is 29.1 Å². The highest BCUT2D eigenvalue weighted by Gasteiger charge is 2.55. The van der Waals surface area contributed by atoms with E-state index in [0.717, 1.165) is 42.7 Å². The fraction of sp³-hybridized carbons (Fsp3) is 0.364. The van der Waals surface area contributed by atoms with Gasteiger partial charge in [0, 0.05) is 43.0 Å². The second-order valence-electron chi connectivity index (χ2n) is 8.59. The van der Waals surface area contributed by atoms with Crippen molar-refractivity contribution in [1.29, 1.82) is 0 Å². The summed E-state index contributed by atoms with van der Waals surface area (Å²) in [6.07, 6.45) is 0.484. The van der Waals surface area contributed by atoms with E-state index in [-0.39, 0.29) is 35.4 Å². The maximum atomic E-state index is 13.4. The summed E-state index contributed by atoms with van der Waals surface area (Å²) in [6.45, 7) is 1.66. The standard InChI is InChI=1S/C22H22FN5O4/c1-24-20(29)18-7-16(32-26-18)10-28(21(30)31)15-8-22(9-15)11-27(12-22)19-5-2-13-6-14(23)3-4-17(13)25-19/h2-7,15H,8-12H2,1H3,(H,24,29)(H,30,31). The summed E-state index contributed by atoms with van der Waals surface area (Å²) in [4.78, 5) is 31.6. The van der Waals surface area contributed by atoms with Gasteiger partial charge in [-0.1, -0.05) is 5.16 Å². The number of amides is 2. The van der Waals surface area contributed by atoms with Crippen LogP contribution in [0.5, 0.6) is 0 Å². The lowest BCUT2D eigenvalue weighted by Crippen LogP contribution is -2.67. The van der Waals surface area contributed by atoms with E-state index in [2.05, 4.69) is 20.4 Å². The van der Waals surface area contributed by atoms with E-state index in [1.54, 1.807) is 6.07 Å². The third kappa shape index (κ3) is 3.51. The van der Waals surface area contributed by atoms with Gasteiger partial charge in [-0.15, -0.1) is 0 Å². The molecule has 0 bridgehead atoms. The van der Waals surface area contributed by atoms with E-state index < -0.39 is 6.09 Å². The molecule has 1 aliphatic carbocycles. The van der Waals surface area contributed by atoms with Gasteiger partial charge < -0.3 is 19.8 Å². The number of fused-ring (bicyclic) bond motifs is 1. The van der Waals surface area contributed by atoms with Crippen LogP contribution in [0.15, 0.2) is 40.9 Å². The van der Waals surface area contributed by atoms with Gasteiger partial charge >= 0.3 is 6.09 Å². The van der Waals surface area contributed by atoms with Gasteiger partial charge in [-0.25, -0.2) is 14.2 Å². The van der Waals surface area contributed by atoms with Gasteiger partial charge in [0.15, 0.2) is 11.5 Å². The average molecular weight is 439 g/mol. The largest absolute Gasteiger partial charge is 0.465 e. The fourth-order valence-electron chi connectivity index (χ4n) is 4.75. The van der Waals surface area contributed by atoms with Gasteiger partial charge in [-0.2, -0.15) is 0 Å². The van der Waals surface area contributed by atoms with E-state index in [1.807, 2.05) is 12.1 Å². The SMILES string of the molecule is CNC(=O)c1cc(CN(C(=O)O)C2CC3(C2)CN(c2ccc4cc(F)ccc4n2)C3)on1. The molecule has 166 valence electrons. The zero-order chi connectivity index (χ0) is 22.5. The van der Waals surface area contributed by atoms with E-state index in [4.69, 9.17) is 4.52 Å². The van der Waals surface area contributed by atoms with E-state index in [9.17, 15) is 19.1 Å². The summed E-state index contributed by atoms with van der Waals surface area (Å²) in [7, 11) is 1.49. The van der Waals surface area contributed by atoms with Crippen molar-refractivity contribution in [2.24, 2.45) is 5.41 Å². The summed E-state index contributed by atoms with van der Waals surface area (Å²) in [6, 6.07) is 9.65. The van der Waals surface area contributed by atoms with Gasteiger partial charge in [-0.05, 0) is 43.2 Å². The minimum absolute atomic E-state index is 0.0482. The number of anilines is 1. The number of benzene rings is 1. The molecule has 1 aromatic carbocycles. The second-order valence-corrected chi connectivity index (χ2v) is 8.59. The van der Waals surface area contributed by atoms with Crippen LogP contribution in [-0.2, 0) is 6.54 Å². The fourth-order valence-corrected chi connectivity index (χ4v) is 4.75. The zero-order valence-electron chi connectivity index (χ0n) is 17.4. The number of nitrogens with zero attached hydrogens (tertiary/aromatic N) is 4. The molecule has 2 amide bonds. The van der Waals surface area contributed by atoms with Crippen LogP contribution in [0.25, 0.3) is 10.9 Å². The molecule has 3 heterocycles. The van der Waals surface area contributed by atoms with Gasteiger partial charge in [0.2, 0.25) is 0 Å². The van der Waals surface area contributed by atoms with Crippen molar-refractivity contribution < 1.29 is 23.6 Å². The number of pyridine rings is 1. The van der Waals surface area contributed by atoms with Crippen molar-refractivity contribution in [2.75, 3.05) is 25.0 Å². The Morgan fingerprint density at radius 3 is 2.78 bits per heavy atom. The van der Waals surface area contributed by atoms with Gasteiger partial charge in [-0.3, -0.25) is 9.69 Å². The third-order valence-corrected chi connectivity index (χ3v) is 6.38. The Balaban J connectivity index is 1.20. The van der Waals surface area contributed by atoms with Gasteiger partial charge in [0.05, 0.1) is 12.1 Å². The number of hydrogen-bond donors (Lipinski definition) is 2. The van der Waals surface area contributed by atoms with Gasteiger partial charge in [0.1, 0.15) is 11.6 Å². The molecule has 1 saturated heterocycles. The van der Waals surface area contributed by atoms with Crippen LogP contribution < -0.4 is 10.2 Å². The molecule has 1 spiro atoms. The van der Waals surface area contributed by atoms with Crippen LogP contribution in [0.2, 0.25) is 0 Å². The molecular formula is C22H22FN5O4. The molecule has 0 unspecified atom stereocenters. The minimum atomic E-state index is -1.03. The summed E-state index contributed by atoms with van der Waals surface area (Å²) in [5.41, 5.74) is 0.946. The number of nitrogens with one attached hydrogen (secondary N) is 1. The lowest BCUT2D eigenvalue weighted by molar-refractivity contribution is -0.0179. The lowest BCUT2D eigenvalue weighted by Gasteiger charge is -2.60. The first kappa shape index (κ1) is 20.2. The van der Waals surface area contributed by atoms with Crippen LogP contribution in [0, 0.1) is 11.2 Å². The molecule has 32 heavy (non-hydrogen) atoms. The first-order valence-electron chi connectivity index (χ1n) is 10.3. The van der Waals surface area contributed by atoms with Crippen molar-refractivity contribution in [2.45, 2.75) is 25.4 Å². The number of carboxylic acid groups (broad SMARTS) is 1. The maximum absolute atomic E-state index is 13.4. The molecule has 1 aliphatic heterocycles. The predicted molar refractivity (Wildman–Crippen MR) is 113 cm³/mol. The highest BCUT2D eigenvalue weighted by Crippen LogP contribution is 2.51. The topological polar surface area (TPSA) is 112 Å². The smallest absolute Gasteiger partial charge is 0.407 e. The Hall–Kier alpha value is -3.69. The Bertz CT molecular complexity index is 1200. The second kappa shape index (κ2) is 7.47. The molecule has 0 radical (unpaired) electrons. The molecule has 2 aromatic heterocycles. The van der Waals surface area contributed by atoms with Crippen molar-refractivity contribution in [3.05, 3.63) is 53.7 Å². The van der Waals surface area contributed by atoms with E-state index in [0.29, 0.717) is 5.76 Å². The van der Waals surface area contributed by atoms with Crippen molar-refractivity contribution >= 4 is 28.7 Å². The molecule has 1 saturated carbocycles. The number of aromatic nitrogens is 2. The van der Waals surface area contributed by atoms with Crippen molar-refractivity contribution in [3.8, 4) is 0 Å². The number of rotatable bonds is 5. The van der Waals surface area contributed by atoms with Gasteiger partial charge in [0.25, 0.3) is 5.91 Å². The average Bonchev–Trinajstić information content (AvgIpc) is 3.18.